The van der Waals surface area contributed by atoms with Gasteiger partial charge in [0.15, 0.2) is 0 Å². The Bertz CT molecular complexity index is 1700. The quantitative estimate of drug-likeness (QED) is 0.243. The van der Waals surface area contributed by atoms with Gasteiger partial charge in [0.25, 0.3) is 0 Å². The third-order valence-electron chi connectivity index (χ3n) is 7.17. The van der Waals surface area contributed by atoms with E-state index in [2.05, 4.69) is 0 Å². The minimum Gasteiger partial charge on any atom is -0.477 e. The van der Waals surface area contributed by atoms with E-state index in [1.54, 1.807) is 51.1 Å². The van der Waals surface area contributed by atoms with Crippen molar-refractivity contribution in [2.45, 2.75) is 59.3 Å². The van der Waals surface area contributed by atoms with E-state index in [-0.39, 0.29) is 17.2 Å². The number of sulfonamides is 1. The molecule has 0 atom stereocenters. The van der Waals surface area contributed by atoms with E-state index in [1.807, 2.05) is 6.92 Å². The molecular weight excluding hydrogens is 593 g/mol. The maximum absolute atomic E-state index is 14.2. The Hall–Kier alpha value is -3.77. The van der Waals surface area contributed by atoms with Crippen molar-refractivity contribution >= 4 is 16.0 Å². The first-order chi connectivity index (χ1) is 19.8. The summed E-state index contributed by atoms with van der Waals surface area (Å²) < 4.78 is 102. The minimum absolute atomic E-state index is 0.154. The van der Waals surface area contributed by atoms with Crippen LogP contribution >= 0.6 is 0 Å². The zero-order valence-corrected chi connectivity index (χ0v) is 24.6. The van der Waals surface area contributed by atoms with Crippen LogP contribution in [-0.2, 0) is 40.0 Å². The van der Waals surface area contributed by atoms with E-state index in [4.69, 9.17) is 9.52 Å². The van der Waals surface area contributed by atoms with E-state index in [1.165, 1.54) is 12.1 Å². The number of furan rings is 1. The van der Waals surface area contributed by atoms with E-state index < -0.39 is 51.4 Å². The van der Waals surface area contributed by atoms with Gasteiger partial charge in [0, 0.05) is 17.5 Å². The molecular formula is C31H30F5NO5S. The maximum Gasteiger partial charge on any atom is 0.449 e. The molecule has 6 nitrogen and oxygen atoms in total. The van der Waals surface area contributed by atoms with E-state index in [9.17, 15) is 35.2 Å². The lowest BCUT2D eigenvalue weighted by atomic mass is 9.80. The highest BCUT2D eigenvalue weighted by Gasteiger charge is 2.42. The number of carboxylic acid groups (broad SMARTS) is 1. The van der Waals surface area contributed by atoms with Gasteiger partial charge in [0.05, 0.1) is 11.4 Å². The summed E-state index contributed by atoms with van der Waals surface area (Å²) in [5.74, 6) is -7.80. The third kappa shape index (κ3) is 6.75. The number of halogens is 5. The Morgan fingerprint density at radius 1 is 0.953 bits per heavy atom. The van der Waals surface area contributed by atoms with Gasteiger partial charge in [0.1, 0.15) is 5.76 Å². The lowest BCUT2D eigenvalue weighted by molar-refractivity contribution is -0.166. The Balaban J connectivity index is 1.71. The van der Waals surface area contributed by atoms with Crippen molar-refractivity contribution in [1.82, 2.24) is 4.31 Å². The molecule has 0 saturated carbocycles. The standard InChI is InChI=1S/C31H30F5NO5S/c1-19-14-20(2)27(29(3,4)16-19)43(40,41)37(18-25-12-13-26(42-25)31(34,35)36)17-21-8-10-22(11-9-21)23-6-5-7-24(15-23)30(32,33)28(38)39/h5-15H,16-18H2,1-4H3,(H,38,39). The molecule has 0 radical (unpaired) electrons. The molecule has 1 aliphatic rings. The molecule has 0 bridgehead atoms. The smallest absolute Gasteiger partial charge is 0.449 e. The number of carboxylic acids is 1. The highest BCUT2D eigenvalue weighted by Crippen LogP contribution is 2.44. The van der Waals surface area contributed by atoms with Crippen molar-refractivity contribution in [3.8, 4) is 11.1 Å². The Kier molecular flexibility index (Phi) is 8.51. The SMILES string of the molecule is CC1=CC(C)=C(S(=O)(=O)N(Cc2ccc(-c3cccc(C(F)(F)C(=O)O)c3)cc2)Cc2ccc(C(F)(F)F)o2)C(C)(C)C1. The number of nitrogens with zero attached hydrogens (tertiary/aromatic N) is 1. The first kappa shape index (κ1) is 32.2. The van der Waals surface area contributed by atoms with Crippen molar-refractivity contribution in [3.63, 3.8) is 0 Å². The predicted octanol–water partition coefficient (Wildman–Crippen LogP) is 8.12. The fourth-order valence-electron chi connectivity index (χ4n) is 5.52. The Labute approximate surface area is 246 Å². The van der Waals surface area contributed by atoms with Crippen LogP contribution in [0, 0.1) is 5.41 Å². The fourth-order valence-corrected chi connectivity index (χ4v) is 7.63. The van der Waals surface area contributed by atoms with E-state index in [0.717, 1.165) is 34.1 Å². The molecule has 0 fully saturated rings. The third-order valence-corrected chi connectivity index (χ3v) is 9.50. The number of benzene rings is 2. The average molecular weight is 624 g/mol. The van der Waals surface area contributed by atoms with Crippen LogP contribution in [0.5, 0.6) is 0 Å². The normalized spacial score (nSPS) is 16.0. The topological polar surface area (TPSA) is 87.8 Å². The molecule has 0 saturated heterocycles. The molecule has 1 N–H and O–H groups in total. The zero-order chi connectivity index (χ0) is 32.0. The highest BCUT2D eigenvalue weighted by molar-refractivity contribution is 7.93. The number of carbonyl (C=O) groups is 1. The molecule has 3 aromatic rings. The van der Waals surface area contributed by atoms with Gasteiger partial charge in [-0.05, 0) is 60.7 Å². The predicted molar refractivity (Wildman–Crippen MR) is 150 cm³/mol. The molecule has 1 heterocycles. The number of aliphatic carboxylic acids is 1. The fraction of sp³-hybridized carbons (Fsp3) is 0.323. The molecule has 0 aliphatic heterocycles. The van der Waals surface area contributed by atoms with Crippen molar-refractivity contribution in [2.75, 3.05) is 0 Å². The summed E-state index contributed by atoms with van der Waals surface area (Å²) >= 11 is 0. The molecule has 2 aromatic carbocycles. The Morgan fingerprint density at radius 2 is 1.60 bits per heavy atom. The number of hydrogen-bond donors (Lipinski definition) is 1. The van der Waals surface area contributed by atoms with Crippen LogP contribution in [0.1, 0.15) is 56.8 Å². The van der Waals surface area contributed by atoms with Crippen LogP contribution < -0.4 is 0 Å². The maximum atomic E-state index is 14.2. The molecule has 1 aromatic heterocycles. The number of rotatable bonds is 9. The van der Waals surface area contributed by atoms with E-state index in [0.29, 0.717) is 28.7 Å². The van der Waals surface area contributed by atoms with Gasteiger partial charge in [-0.15, -0.1) is 0 Å². The molecule has 1 aliphatic carbocycles. The number of hydrogen-bond acceptors (Lipinski definition) is 4. The second-order valence-corrected chi connectivity index (χ2v) is 13.1. The van der Waals surface area contributed by atoms with Gasteiger partial charge in [0.2, 0.25) is 15.8 Å². The van der Waals surface area contributed by atoms with Gasteiger partial charge in [-0.2, -0.15) is 26.3 Å². The minimum atomic E-state index is -4.74. The van der Waals surface area contributed by atoms with Gasteiger partial charge < -0.3 is 9.52 Å². The monoisotopic (exact) mass is 623 g/mol. The second-order valence-electron chi connectivity index (χ2n) is 11.3. The summed E-state index contributed by atoms with van der Waals surface area (Å²) in [6.45, 7) is 6.47. The van der Waals surface area contributed by atoms with Crippen LogP contribution in [0.2, 0.25) is 0 Å². The summed E-state index contributed by atoms with van der Waals surface area (Å²) in [5, 5.41) is 8.87. The molecule has 0 spiro atoms. The lowest BCUT2D eigenvalue weighted by Gasteiger charge is -2.36. The summed E-state index contributed by atoms with van der Waals surface area (Å²) in [6.07, 6.45) is -2.49. The van der Waals surface area contributed by atoms with Gasteiger partial charge in [-0.3, -0.25) is 0 Å². The second kappa shape index (κ2) is 11.4. The van der Waals surface area contributed by atoms with Crippen LogP contribution in [0.25, 0.3) is 11.1 Å². The van der Waals surface area contributed by atoms with Crippen molar-refractivity contribution in [2.24, 2.45) is 5.41 Å². The molecule has 230 valence electrons. The average Bonchev–Trinajstić information content (AvgIpc) is 3.37. The van der Waals surface area contributed by atoms with Gasteiger partial charge >= 0.3 is 18.1 Å². The van der Waals surface area contributed by atoms with E-state index >= 15 is 0 Å². The van der Waals surface area contributed by atoms with Crippen molar-refractivity contribution in [1.29, 1.82) is 0 Å². The van der Waals surface area contributed by atoms with Crippen molar-refractivity contribution < 1.29 is 44.7 Å². The molecule has 12 heteroatoms. The number of alkyl halides is 5. The number of allylic oxidation sites excluding steroid dienone is 4. The summed E-state index contributed by atoms with van der Waals surface area (Å²) in [6, 6.07) is 13.0. The Morgan fingerprint density at radius 3 is 2.16 bits per heavy atom. The van der Waals surface area contributed by atoms with Crippen molar-refractivity contribution in [3.05, 3.63) is 105 Å². The van der Waals surface area contributed by atoms with Gasteiger partial charge in [-0.1, -0.05) is 68.0 Å². The van der Waals surface area contributed by atoms with Crippen LogP contribution in [0.4, 0.5) is 22.0 Å². The highest BCUT2D eigenvalue weighted by atomic mass is 32.2. The summed E-state index contributed by atoms with van der Waals surface area (Å²) in [4.78, 5) is 11.2. The zero-order valence-electron chi connectivity index (χ0n) is 23.8. The molecule has 0 amide bonds. The lowest BCUT2D eigenvalue weighted by Crippen LogP contribution is -2.37. The summed E-state index contributed by atoms with van der Waals surface area (Å²) in [7, 11) is -4.23. The van der Waals surface area contributed by atoms with Crippen LogP contribution in [0.3, 0.4) is 0 Å². The first-order valence-electron chi connectivity index (χ1n) is 13.2. The molecule has 4 rings (SSSR count). The van der Waals surface area contributed by atoms with Crippen LogP contribution in [0.15, 0.2) is 87.2 Å². The van der Waals surface area contributed by atoms with Gasteiger partial charge in [-0.25, -0.2) is 13.2 Å². The summed E-state index contributed by atoms with van der Waals surface area (Å²) in [5.41, 5.74) is 1.30. The largest absolute Gasteiger partial charge is 0.477 e. The van der Waals surface area contributed by atoms with Crippen LogP contribution in [-0.4, -0.2) is 23.8 Å². The first-order valence-corrected chi connectivity index (χ1v) is 14.6. The molecule has 0 unspecified atom stereocenters. The molecule has 43 heavy (non-hydrogen) atoms.